The molecule has 0 aromatic heterocycles. The van der Waals surface area contributed by atoms with Crippen molar-refractivity contribution in [2.24, 2.45) is 0 Å². The molecule has 4 heteroatoms. The minimum absolute atomic E-state index is 0.302. The molecule has 0 atom stereocenters. The summed E-state index contributed by atoms with van der Waals surface area (Å²) < 4.78 is 11.4. The van der Waals surface area contributed by atoms with Gasteiger partial charge in [0.2, 0.25) is 0 Å². The Balaban J connectivity index is 2.59. The third kappa shape index (κ3) is 2.25. The van der Waals surface area contributed by atoms with Crippen molar-refractivity contribution in [2.45, 2.75) is 45.3 Å². The van der Waals surface area contributed by atoms with E-state index >= 15 is 0 Å². The van der Waals surface area contributed by atoms with Crippen LogP contribution in [0.2, 0.25) is 0 Å². The summed E-state index contributed by atoms with van der Waals surface area (Å²) in [6.07, 6.45) is 3.01. The van der Waals surface area contributed by atoms with Crippen LogP contribution in [0.5, 0.6) is 0 Å². The van der Waals surface area contributed by atoms with Gasteiger partial charge in [-0.25, -0.2) is 0 Å². The molecule has 0 saturated carbocycles. The van der Waals surface area contributed by atoms with Crippen LogP contribution in [0.25, 0.3) is 0 Å². The van der Waals surface area contributed by atoms with Crippen molar-refractivity contribution in [2.75, 3.05) is 0 Å². The van der Waals surface area contributed by atoms with Crippen LogP contribution in [0.3, 0.4) is 0 Å². The highest BCUT2D eigenvalue weighted by atomic mass is 16.7. The van der Waals surface area contributed by atoms with E-state index in [9.17, 15) is 4.79 Å². The lowest BCUT2D eigenvalue weighted by Crippen LogP contribution is -2.41. The van der Waals surface area contributed by atoms with E-state index in [-0.39, 0.29) is 18.3 Å². The van der Waals surface area contributed by atoms with Gasteiger partial charge in [0, 0.05) is 6.42 Å². The molecule has 78 valence electrons. The number of hydrogen-bond donors (Lipinski definition) is 0. The minimum Gasteiger partial charge on any atom is -0.400 e. The molecule has 0 aromatic rings. The Hall–Kier alpha value is -0.605. The van der Waals surface area contributed by atoms with Gasteiger partial charge in [-0.1, -0.05) is 12.1 Å². The van der Waals surface area contributed by atoms with Gasteiger partial charge in [0.1, 0.15) is 6.29 Å². The molecule has 14 heavy (non-hydrogen) atoms. The second-order valence-electron chi connectivity index (χ2n) is 4.46. The minimum atomic E-state index is -0.333. The summed E-state index contributed by atoms with van der Waals surface area (Å²) in [4.78, 5) is 10.1. The monoisotopic (exact) mass is 196 g/mol. The van der Waals surface area contributed by atoms with E-state index in [1.807, 2.05) is 27.7 Å². The van der Waals surface area contributed by atoms with Gasteiger partial charge in [0.15, 0.2) is 0 Å². The number of carbonyl (C=O) groups excluding carboxylic acids is 1. The molecule has 0 unspecified atom stereocenters. The fraction of sp³-hybridized carbons (Fsp3) is 0.700. The van der Waals surface area contributed by atoms with Crippen molar-refractivity contribution in [3.63, 3.8) is 0 Å². The summed E-state index contributed by atoms with van der Waals surface area (Å²) in [5.74, 6) is 1.78. The largest absolute Gasteiger partial charge is 0.486 e. The van der Waals surface area contributed by atoms with Gasteiger partial charge < -0.3 is 14.1 Å². The highest BCUT2D eigenvalue weighted by Gasteiger charge is 2.49. The van der Waals surface area contributed by atoms with Gasteiger partial charge in [-0.3, -0.25) is 0 Å². The highest BCUT2D eigenvalue weighted by Crippen LogP contribution is 2.36. The zero-order valence-electron chi connectivity index (χ0n) is 9.24. The molecule has 0 aromatic carbocycles. The fourth-order valence-electron chi connectivity index (χ4n) is 1.21. The van der Waals surface area contributed by atoms with E-state index in [2.05, 4.69) is 0 Å². The summed E-state index contributed by atoms with van der Waals surface area (Å²) in [6.45, 7) is 8.00. The topological polar surface area (TPSA) is 35.5 Å². The van der Waals surface area contributed by atoms with Crippen molar-refractivity contribution in [3.8, 4) is 0 Å². The molecule has 3 nitrogen and oxygen atoms in total. The Kier molecular flexibility index (Phi) is 3.17. The fourth-order valence-corrected chi connectivity index (χ4v) is 1.21. The zero-order valence-corrected chi connectivity index (χ0v) is 9.24. The van der Waals surface area contributed by atoms with Gasteiger partial charge in [0.05, 0.1) is 11.2 Å². The maximum Gasteiger partial charge on any atom is 0.486 e. The van der Waals surface area contributed by atoms with Crippen molar-refractivity contribution in [1.29, 1.82) is 0 Å². The molecule has 0 N–H and O–H groups in total. The van der Waals surface area contributed by atoms with Crippen LogP contribution in [0, 0.1) is 0 Å². The molecule has 1 aliphatic heterocycles. The Morgan fingerprint density at radius 2 is 1.64 bits per heavy atom. The predicted octanol–water partition coefficient (Wildman–Crippen LogP) is 1.76. The molecular weight excluding hydrogens is 179 g/mol. The van der Waals surface area contributed by atoms with E-state index in [1.54, 1.807) is 12.1 Å². The second-order valence-corrected chi connectivity index (χ2v) is 4.46. The maximum atomic E-state index is 10.1. The summed E-state index contributed by atoms with van der Waals surface area (Å²) in [5.41, 5.74) is -0.605. The lowest BCUT2D eigenvalue weighted by atomic mass is 9.90. The average Bonchev–Trinajstić information content (AvgIpc) is 2.21. The van der Waals surface area contributed by atoms with Crippen LogP contribution in [-0.2, 0) is 14.1 Å². The van der Waals surface area contributed by atoms with Crippen LogP contribution >= 0.6 is 0 Å². The molecule has 1 heterocycles. The van der Waals surface area contributed by atoms with E-state index in [1.165, 1.54) is 0 Å². The summed E-state index contributed by atoms with van der Waals surface area (Å²) >= 11 is 0. The van der Waals surface area contributed by atoms with Crippen molar-refractivity contribution >= 4 is 13.4 Å². The first-order valence-electron chi connectivity index (χ1n) is 4.85. The number of allylic oxidation sites excluding steroid dienone is 1. The Morgan fingerprint density at radius 1 is 1.14 bits per heavy atom. The molecule has 1 fully saturated rings. The SMILES string of the molecule is CC1(C)OB(/C=C\CC=O)OC1(C)C. The number of hydrogen-bond acceptors (Lipinski definition) is 3. The molecule has 0 amide bonds. The first kappa shape index (κ1) is 11.5. The standard InChI is InChI=1S/C10H17BO3/c1-9(2)10(3,4)14-11(13-9)7-5-6-8-12/h5,7-8H,6H2,1-4H3/b7-5-. The summed E-state index contributed by atoms with van der Waals surface area (Å²) in [6, 6.07) is 0. The molecule has 0 aliphatic carbocycles. The smallest absolute Gasteiger partial charge is 0.400 e. The number of aldehydes is 1. The third-order valence-electron chi connectivity index (χ3n) is 2.80. The van der Waals surface area contributed by atoms with E-state index < -0.39 is 0 Å². The second kappa shape index (κ2) is 3.87. The summed E-state index contributed by atoms with van der Waals surface area (Å²) in [5, 5.41) is 0. The average molecular weight is 196 g/mol. The molecule has 1 saturated heterocycles. The maximum absolute atomic E-state index is 10.1. The zero-order chi connectivity index (χ0) is 10.8. The normalized spacial score (nSPS) is 24.4. The van der Waals surface area contributed by atoms with Crippen LogP contribution in [0.1, 0.15) is 34.1 Å². The molecule has 0 radical (unpaired) electrons. The van der Waals surface area contributed by atoms with Gasteiger partial charge in [-0.2, -0.15) is 0 Å². The van der Waals surface area contributed by atoms with E-state index in [0.29, 0.717) is 6.42 Å². The van der Waals surface area contributed by atoms with Crippen molar-refractivity contribution < 1.29 is 14.1 Å². The van der Waals surface area contributed by atoms with Crippen LogP contribution in [-0.4, -0.2) is 24.6 Å². The number of rotatable bonds is 3. The van der Waals surface area contributed by atoms with Crippen LogP contribution in [0.4, 0.5) is 0 Å². The Bertz CT molecular complexity index is 230. The molecule has 0 spiro atoms. The van der Waals surface area contributed by atoms with Gasteiger partial charge in [-0.15, -0.1) is 0 Å². The van der Waals surface area contributed by atoms with E-state index in [0.717, 1.165) is 6.29 Å². The lowest BCUT2D eigenvalue weighted by molar-refractivity contribution is -0.107. The van der Waals surface area contributed by atoms with Gasteiger partial charge >= 0.3 is 7.12 Å². The molecule has 1 aliphatic rings. The Morgan fingerprint density at radius 3 is 2.07 bits per heavy atom. The van der Waals surface area contributed by atoms with Crippen molar-refractivity contribution in [3.05, 3.63) is 12.1 Å². The predicted molar refractivity (Wildman–Crippen MR) is 55.9 cm³/mol. The molecule has 0 bridgehead atoms. The van der Waals surface area contributed by atoms with Crippen molar-refractivity contribution in [1.82, 2.24) is 0 Å². The van der Waals surface area contributed by atoms with E-state index in [4.69, 9.17) is 9.31 Å². The lowest BCUT2D eigenvalue weighted by Gasteiger charge is -2.32. The molecular formula is C10H17BO3. The van der Waals surface area contributed by atoms with Crippen LogP contribution < -0.4 is 0 Å². The third-order valence-corrected chi connectivity index (χ3v) is 2.80. The summed E-state index contributed by atoms with van der Waals surface area (Å²) in [7, 11) is -0.333. The van der Waals surface area contributed by atoms with Gasteiger partial charge in [0.25, 0.3) is 0 Å². The Labute approximate surface area is 85.6 Å². The quantitative estimate of drug-likeness (QED) is 0.509. The highest BCUT2D eigenvalue weighted by molar-refractivity contribution is 6.51. The molecule has 1 rings (SSSR count). The van der Waals surface area contributed by atoms with Gasteiger partial charge in [-0.05, 0) is 27.7 Å². The first-order valence-corrected chi connectivity index (χ1v) is 4.85. The van der Waals surface area contributed by atoms with Crippen LogP contribution in [0.15, 0.2) is 12.1 Å². The first-order chi connectivity index (χ1) is 6.39. The number of carbonyl (C=O) groups is 1.